The molecule has 8 nitrogen and oxygen atoms in total. The van der Waals surface area contributed by atoms with E-state index in [-0.39, 0.29) is 5.69 Å². The molecule has 9 heteroatoms. The molecule has 2 aromatic heterocycles. The molecule has 0 saturated carbocycles. The third kappa shape index (κ3) is 2.99. The topological polar surface area (TPSA) is 122 Å². The molecule has 0 fully saturated rings. The van der Waals surface area contributed by atoms with E-state index in [0.29, 0.717) is 9.53 Å². The molecule has 2 rings (SSSR count). The lowest BCUT2D eigenvalue weighted by Crippen LogP contribution is -2.25. The number of halogens is 1. The van der Waals surface area contributed by atoms with Crippen LogP contribution in [-0.2, 0) is 0 Å². The fourth-order valence-electron chi connectivity index (χ4n) is 1.38. The number of nitro groups is 1. The van der Waals surface area contributed by atoms with E-state index in [4.69, 9.17) is 4.42 Å². The first kappa shape index (κ1) is 13.3. The Morgan fingerprint density at radius 3 is 2.58 bits per heavy atom. The second-order valence-electron chi connectivity index (χ2n) is 3.40. The van der Waals surface area contributed by atoms with Crippen molar-refractivity contribution in [1.29, 1.82) is 0 Å². The number of nitrogens with one attached hydrogen (secondary N) is 2. The van der Waals surface area contributed by atoms with Gasteiger partial charge in [-0.1, -0.05) is 0 Å². The zero-order chi connectivity index (χ0) is 14.0. The second kappa shape index (κ2) is 5.22. The molecule has 0 atom stereocenters. The Labute approximate surface area is 118 Å². The van der Waals surface area contributed by atoms with Crippen molar-refractivity contribution in [2.75, 3.05) is 0 Å². The Morgan fingerprint density at radius 1 is 1.26 bits per heavy atom. The number of aromatic amines is 2. The van der Waals surface area contributed by atoms with Gasteiger partial charge < -0.3 is 9.40 Å². The van der Waals surface area contributed by atoms with Gasteiger partial charge in [0.15, 0.2) is 3.77 Å². The summed E-state index contributed by atoms with van der Waals surface area (Å²) in [6, 6.07) is 3.35. The highest BCUT2D eigenvalue weighted by molar-refractivity contribution is 14.1. The number of hydrogen-bond acceptors (Lipinski definition) is 5. The fraction of sp³-hybridized carbons (Fsp3) is 0. The van der Waals surface area contributed by atoms with Crippen molar-refractivity contribution in [1.82, 2.24) is 9.97 Å². The molecule has 19 heavy (non-hydrogen) atoms. The molecule has 2 aromatic rings. The van der Waals surface area contributed by atoms with Crippen LogP contribution in [0.2, 0.25) is 0 Å². The maximum atomic E-state index is 11.3. The van der Waals surface area contributed by atoms with E-state index in [9.17, 15) is 19.7 Å². The van der Waals surface area contributed by atoms with Crippen molar-refractivity contribution < 1.29 is 9.34 Å². The molecule has 0 radical (unpaired) electrons. The lowest BCUT2D eigenvalue weighted by molar-refractivity contribution is -0.386. The molecule has 98 valence electrons. The lowest BCUT2D eigenvalue weighted by Gasteiger charge is -1.95. The van der Waals surface area contributed by atoms with Crippen molar-refractivity contribution in [2.24, 2.45) is 0 Å². The van der Waals surface area contributed by atoms with E-state index in [1.165, 1.54) is 12.2 Å². The number of H-pyrrole nitrogens is 2. The standard InChI is InChI=1S/C10H6IN3O5/c11-7-4-2-5(19-7)1-3-6-8(14(17)18)9(15)13-10(16)12-6/h1-4H,(H2,12,13,15,16)/b3-1+. The molecule has 2 heterocycles. The second-order valence-corrected chi connectivity index (χ2v) is 4.47. The molecule has 0 aliphatic heterocycles. The third-order valence-corrected chi connectivity index (χ3v) is 2.72. The van der Waals surface area contributed by atoms with Gasteiger partial charge in [-0.15, -0.1) is 0 Å². The van der Waals surface area contributed by atoms with Crippen LogP contribution in [0.3, 0.4) is 0 Å². The van der Waals surface area contributed by atoms with Crippen LogP contribution in [0.15, 0.2) is 26.1 Å². The van der Waals surface area contributed by atoms with E-state index in [2.05, 4.69) is 4.98 Å². The average Bonchev–Trinajstić information content (AvgIpc) is 2.71. The Balaban J connectivity index is 2.50. The minimum Gasteiger partial charge on any atom is -0.451 e. The van der Waals surface area contributed by atoms with Gasteiger partial charge in [0.25, 0.3) is 0 Å². The van der Waals surface area contributed by atoms with Crippen molar-refractivity contribution in [2.45, 2.75) is 0 Å². The molecule has 0 aromatic carbocycles. The molecule has 0 unspecified atom stereocenters. The summed E-state index contributed by atoms with van der Waals surface area (Å²) >= 11 is 1.96. The lowest BCUT2D eigenvalue weighted by atomic mass is 10.3. The number of hydrogen-bond donors (Lipinski definition) is 2. The smallest absolute Gasteiger partial charge is 0.357 e. The van der Waals surface area contributed by atoms with Gasteiger partial charge in [0.2, 0.25) is 0 Å². The molecular weight excluding hydrogens is 369 g/mol. The van der Waals surface area contributed by atoms with E-state index < -0.39 is 21.9 Å². The largest absolute Gasteiger partial charge is 0.451 e. The predicted octanol–water partition coefficient (Wildman–Crippen LogP) is 1.34. The highest BCUT2D eigenvalue weighted by Crippen LogP contribution is 2.15. The minimum absolute atomic E-state index is 0.190. The van der Waals surface area contributed by atoms with Crippen LogP contribution in [0.5, 0.6) is 0 Å². The first-order valence-electron chi connectivity index (χ1n) is 4.92. The van der Waals surface area contributed by atoms with Gasteiger partial charge in [-0.25, -0.2) is 4.79 Å². The summed E-state index contributed by atoms with van der Waals surface area (Å²) in [7, 11) is 0. The fourth-order valence-corrected chi connectivity index (χ4v) is 1.82. The third-order valence-electron chi connectivity index (χ3n) is 2.14. The van der Waals surface area contributed by atoms with Gasteiger partial charge in [-0.05, 0) is 46.9 Å². The Hall–Kier alpha value is -2.17. The van der Waals surface area contributed by atoms with Crippen molar-refractivity contribution in [3.05, 3.63) is 58.3 Å². The normalized spacial score (nSPS) is 11.0. The van der Waals surface area contributed by atoms with E-state index in [1.54, 1.807) is 17.1 Å². The van der Waals surface area contributed by atoms with Crippen molar-refractivity contribution in [3.63, 3.8) is 0 Å². The molecular formula is C10H6IN3O5. The average molecular weight is 375 g/mol. The number of nitrogens with zero attached hydrogens (tertiary/aromatic N) is 1. The van der Waals surface area contributed by atoms with Crippen LogP contribution in [0.25, 0.3) is 12.2 Å². The van der Waals surface area contributed by atoms with Gasteiger partial charge in [0.05, 0.1) is 4.92 Å². The molecule has 0 amide bonds. The van der Waals surface area contributed by atoms with Crippen LogP contribution in [0, 0.1) is 13.9 Å². The summed E-state index contributed by atoms with van der Waals surface area (Å²) in [5.41, 5.74) is -2.78. The SMILES string of the molecule is O=c1[nH]c(/C=C/c2ccc(I)o2)c([N+](=O)[O-])c(=O)[nH]1. The Kier molecular flexibility index (Phi) is 3.64. The van der Waals surface area contributed by atoms with Crippen LogP contribution >= 0.6 is 22.6 Å². The number of furan rings is 1. The quantitative estimate of drug-likeness (QED) is 0.476. The van der Waals surface area contributed by atoms with E-state index in [1.807, 2.05) is 22.6 Å². The Bertz CT molecular complexity index is 770. The van der Waals surface area contributed by atoms with Crippen molar-refractivity contribution >= 4 is 40.4 Å². The first-order valence-corrected chi connectivity index (χ1v) is 5.99. The monoisotopic (exact) mass is 375 g/mol. The van der Waals surface area contributed by atoms with Gasteiger partial charge in [0, 0.05) is 0 Å². The highest BCUT2D eigenvalue weighted by atomic mass is 127. The molecule has 0 bridgehead atoms. The number of rotatable bonds is 3. The molecule has 0 spiro atoms. The summed E-state index contributed by atoms with van der Waals surface area (Å²) in [4.78, 5) is 36.4. The van der Waals surface area contributed by atoms with Gasteiger partial charge >= 0.3 is 16.9 Å². The zero-order valence-electron chi connectivity index (χ0n) is 9.18. The molecule has 0 saturated heterocycles. The van der Waals surface area contributed by atoms with Crippen LogP contribution in [0.4, 0.5) is 5.69 Å². The van der Waals surface area contributed by atoms with Crippen LogP contribution in [0.1, 0.15) is 11.5 Å². The number of aromatic nitrogens is 2. The predicted molar refractivity (Wildman–Crippen MR) is 74.7 cm³/mol. The van der Waals surface area contributed by atoms with Crippen molar-refractivity contribution in [3.8, 4) is 0 Å². The van der Waals surface area contributed by atoms with Gasteiger partial charge in [0.1, 0.15) is 11.5 Å². The summed E-state index contributed by atoms with van der Waals surface area (Å²) in [5, 5.41) is 10.8. The molecule has 2 N–H and O–H groups in total. The maximum Gasteiger partial charge on any atom is 0.357 e. The highest BCUT2D eigenvalue weighted by Gasteiger charge is 2.18. The van der Waals surface area contributed by atoms with Gasteiger partial charge in [-0.3, -0.25) is 19.9 Å². The summed E-state index contributed by atoms with van der Waals surface area (Å²) in [5.74, 6) is 0.444. The maximum absolute atomic E-state index is 11.3. The van der Waals surface area contributed by atoms with E-state index >= 15 is 0 Å². The van der Waals surface area contributed by atoms with E-state index in [0.717, 1.165) is 0 Å². The Morgan fingerprint density at radius 2 is 2.00 bits per heavy atom. The minimum atomic E-state index is -1.05. The van der Waals surface area contributed by atoms with Gasteiger partial charge in [-0.2, -0.15) is 0 Å². The summed E-state index contributed by atoms with van der Waals surface area (Å²) < 4.78 is 5.86. The first-order chi connectivity index (χ1) is 8.97. The summed E-state index contributed by atoms with van der Waals surface area (Å²) in [6.07, 6.45) is 2.66. The van der Waals surface area contributed by atoms with Crippen LogP contribution in [-0.4, -0.2) is 14.9 Å². The molecule has 0 aliphatic carbocycles. The molecule has 0 aliphatic rings. The zero-order valence-corrected chi connectivity index (χ0v) is 11.3. The van der Waals surface area contributed by atoms with Crippen LogP contribution < -0.4 is 11.2 Å². The summed E-state index contributed by atoms with van der Waals surface area (Å²) in [6.45, 7) is 0.